The first-order valence-corrected chi connectivity index (χ1v) is 4.53. The summed E-state index contributed by atoms with van der Waals surface area (Å²) < 4.78 is 0. The molecule has 2 atom stereocenters. The van der Waals surface area contributed by atoms with Crippen molar-refractivity contribution in [2.45, 2.75) is 20.0 Å². The summed E-state index contributed by atoms with van der Waals surface area (Å²) in [5.41, 5.74) is 2.12. The molecule has 0 aliphatic rings. The van der Waals surface area contributed by atoms with Crippen LogP contribution in [0.15, 0.2) is 36.9 Å². The number of hydrogen-bond acceptors (Lipinski definition) is 1. The highest BCUT2D eigenvalue weighted by molar-refractivity contribution is 5.28. The van der Waals surface area contributed by atoms with Gasteiger partial charge in [-0.1, -0.05) is 37.3 Å². The normalized spacial score (nSPS) is 15.0. The van der Waals surface area contributed by atoms with Crippen LogP contribution >= 0.6 is 0 Å². The Morgan fingerprint density at radius 3 is 2.54 bits per heavy atom. The summed E-state index contributed by atoms with van der Waals surface area (Å²) in [5, 5.41) is 9.90. The van der Waals surface area contributed by atoms with Crippen molar-refractivity contribution >= 4 is 0 Å². The number of aryl methyl sites for hydroxylation is 1. The molecule has 0 fully saturated rings. The largest absolute Gasteiger partial charge is 0.388 e. The van der Waals surface area contributed by atoms with Gasteiger partial charge in [-0.05, 0) is 18.1 Å². The van der Waals surface area contributed by atoms with Gasteiger partial charge in [-0.2, -0.15) is 0 Å². The summed E-state index contributed by atoms with van der Waals surface area (Å²) in [6.45, 7) is 7.65. The van der Waals surface area contributed by atoms with E-state index in [0.29, 0.717) is 0 Å². The molecule has 1 rings (SSSR count). The molecule has 0 saturated carbocycles. The first kappa shape index (κ1) is 10.0. The molecule has 0 radical (unpaired) electrons. The van der Waals surface area contributed by atoms with Crippen molar-refractivity contribution in [2.75, 3.05) is 0 Å². The van der Waals surface area contributed by atoms with E-state index in [1.165, 1.54) is 0 Å². The van der Waals surface area contributed by atoms with Crippen molar-refractivity contribution in [3.8, 4) is 0 Å². The van der Waals surface area contributed by atoms with E-state index in [2.05, 4.69) is 6.58 Å². The Morgan fingerprint density at radius 2 is 2.00 bits per heavy atom. The Labute approximate surface area is 79.7 Å². The maximum atomic E-state index is 9.90. The third kappa shape index (κ3) is 2.19. The van der Waals surface area contributed by atoms with E-state index in [0.717, 1.165) is 11.1 Å². The van der Waals surface area contributed by atoms with E-state index < -0.39 is 6.10 Å². The maximum absolute atomic E-state index is 9.90. The molecule has 0 aliphatic carbocycles. The lowest BCUT2D eigenvalue weighted by molar-refractivity contribution is 0.139. The standard InChI is InChI=1S/C12H16O/c1-4-9(2)12(13)11-8-6-5-7-10(11)3/h4-9,12-13H,1H2,2-3H3/t9-,12+/m0/s1. The number of rotatable bonds is 3. The molecule has 70 valence electrons. The van der Waals surface area contributed by atoms with Crippen molar-refractivity contribution in [3.63, 3.8) is 0 Å². The summed E-state index contributed by atoms with van der Waals surface area (Å²) in [5.74, 6) is 0.0982. The lowest BCUT2D eigenvalue weighted by Gasteiger charge is -2.17. The van der Waals surface area contributed by atoms with Gasteiger partial charge in [0.1, 0.15) is 0 Å². The Bertz CT molecular complexity index is 291. The SMILES string of the molecule is C=C[C@H](C)[C@@H](O)c1ccccc1C. The maximum Gasteiger partial charge on any atom is 0.0852 e. The van der Waals surface area contributed by atoms with Crippen LogP contribution in [0.4, 0.5) is 0 Å². The zero-order chi connectivity index (χ0) is 9.84. The molecular weight excluding hydrogens is 160 g/mol. The van der Waals surface area contributed by atoms with Crippen LogP contribution < -0.4 is 0 Å². The minimum Gasteiger partial charge on any atom is -0.388 e. The fourth-order valence-electron chi connectivity index (χ4n) is 1.33. The third-order valence-corrected chi connectivity index (χ3v) is 2.38. The Hall–Kier alpha value is -1.08. The predicted molar refractivity (Wildman–Crippen MR) is 55.5 cm³/mol. The van der Waals surface area contributed by atoms with Crippen LogP contribution in [0, 0.1) is 12.8 Å². The molecule has 13 heavy (non-hydrogen) atoms. The molecule has 0 saturated heterocycles. The van der Waals surface area contributed by atoms with Gasteiger partial charge in [0.2, 0.25) is 0 Å². The van der Waals surface area contributed by atoms with Gasteiger partial charge in [-0.25, -0.2) is 0 Å². The van der Waals surface area contributed by atoms with E-state index in [4.69, 9.17) is 0 Å². The van der Waals surface area contributed by atoms with Crippen LogP contribution in [0.2, 0.25) is 0 Å². The number of aliphatic hydroxyl groups excluding tert-OH is 1. The predicted octanol–water partition coefficient (Wildman–Crippen LogP) is 2.85. The van der Waals surface area contributed by atoms with Crippen molar-refractivity contribution < 1.29 is 5.11 Å². The average Bonchev–Trinajstić information content (AvgIpc) is 2.16. The van der Waals surface area contributed by atoms with Crippen molar-refractivity contribution in [2.24, 2.45) is 5.92 Å². The highest BCUT2D eigenvalue weighted by atomic mass is 16.3. The third-order valence-electron chi connectivity index (χ3n) is 2.38. The highest BCUT2D eigenvalue weighted by Gasteiger charge is 2.14. The summed E-state index contributed by atoms with van der Waals surface area (Å²) in [7, 11) is 0. The molecule has 1 aromatic carbocycles. The molecule has 1 heteroatoms. The first-order chi connectivity index (χ1) is 6.16. The van der Waals surface area contributed by atoms with Gasteiger partial charge in [0.05, 0.1) is 6.10 Å². The summed E-state index contributed by atoms with van der Waals surface area (Å²) in [4.78, 5) is 0. The van der Waals surface area contributed by atoms with E-state index in [9.17, 15) is 5.11 Å². The van der Waals surface area contributed by atoms with Crippen molar-refractivity contribution in [1.29, 1.82) is 0 Å². The highest BCUT2D eigenvalue weighted by Crippen LogP contribution is 2.24. The fourth-order valence-corrected chi connectivity index (χ4v) is 1.33. The van der Waals surface area contributed by atoms with Crippen LogP contribution in [0.1, 0.15) is 24.2 Å². The Balaban J connectivity index is 2.94. The van der Waals surface area contributed by atoms with Gasteiger partial charge in [-0.15, -0.1) is 6.58 Å². The van der Waals surface area contributed by atoms with Crippen LogP contribution in [0.3, 0.4) is 0 Å². The molecule has 0 aromatic heterocycles. The molecule has 1 N–H and O–H groups in total. The molecule has 0 spiro atoms. The number of benzene rings is 1. The Kier molecular flexibility index (Phi) is 3.26. The van der Waals surface area contributed by atoms with Crippen LogP contribution in [0.25, 0.3) is 0 Å². The topological polar surface area (TPSA) is 20.2 Å². The number of hydrogen-bond donors (Lipinski definition) is 1. The van der Waals surface area contributed by atoms with Gasteiger partial charge < -0.3 is 5.11 Å². The second kappa shape index (κ2) is 4.24. The summed E-state index contributed by atoms with van der Waals surface area (Å²) >= 11 is 0. The van der Waals surface area contributed by atoms with Gasteiger partial charge >= 0.3 is 0 Å². The van der Waals surface area contributed by atoms with Crippen LogP contribution in [0.5, 0.6) is 0 Å². The van der Waals surface area contributed by atoms with E-state index in [1.807, 2.05) is 38.1 Å². The van der Waals surface area contributed by atoms with Crippen LogP contribution in [-0.2, 0) is 0 Å². The smallest absolute Gasteiger partial charge is 0.0852 e. The first-order valence-electron chi connectivity index (χ1n) is 4.53. The van der Waals surface area contributed by atoms with Crippen molar-refractivity contribution in [3.05, 3.63) is 48.0 Å². The van der Waals surface area contributed by atoms with E-state index in [-0.39, 0.29) is 5.92 Å². The zero-order valence-electron chi connectivity index (χ0n) is 8.20. The van der Waals surface area contributed by atoms with E-state index >= 15 is 0 Å². The summed E-state index contributed by atoms with van der Waals surface area (Å²) in [6, 6.07) is 7.89. The molecular formula is C12H16O. The minimum absolute atomic E-state index is 0.0982. The second-order valence-corrected chi connectivity index (χ2v) is 3.40. The molecule has 0 bridgehead atoms. The fraction of sp³-hybridized carbons (Fsp3) is 0.333. The average molecular weight is 176 g/mol. The summed E-state index contributed by atoms with van der Waals surface area (Å²) in [6.07, 6.45) is 1.34. The van der Waals surface area contributed by atoms with Gasteiger partial charge in [-0.3, -0.25) is 0 Å². The second-order valence-electron chi connectivity index (χ2n) is 3.40. The molecule has 1 aromatic rings. The lowest BCUT2D eigenvalue weighted by Crippen LogP contribution is -2.07. The molecule has 0 amide bonds. The van der Waals surface area contributed by atoms with Gasteiger partial charge in [0, 0.05) is 5.92 Å². The van der Waals surface area contributed by atoms with Gasteiger partial charge in [0.25, 0.3) is 0 Å². The molecule has 0 aliphatic heterocycles. The zero-order valence-corrected chi connectivity index (χ0v) is 8.20. The van der Waals surface area contributed by atoms with Crippen LogP contribution in [-0.4, -0.2) is 5.11 Å². The lowest BCUT2D eigenvalue weighted by atomic mass is 9.94. The minimum atomic E-state index is -0.432. The Morgan fingerprint density at radius 1 is 1.38 bits per heavy atom. The quantitative estimate of drug-likeness (QED) is 0.702. The monoisotopic (exact) mass is 176 g/mol. The van der Waals surface area contributed by atoms with E-state index in [1.54, 1.807) is 6.08 Å². The van der Waals surface area contributed by atoms with Crippen molar-refractivity contribution in [1.82, 2.24) is 0 Å². The molecule has 0 unspecified atom stereocenters. The number of aliphatic hydroxyl groups is 1. The molecule has 0 heterocycles. The van der Waals surface area contributed by atoms with Gasteiger partial charge in [0.15, 0.2) is 0 Å². The molecule has 1 nitrogen and oxygen atoms in total.